The Morgan fingerprint density at radius 1 is 1.10 bits per heavy atom. The smallest absolute Gasteiger partial charge is 0.253 e. The molecule has 2 aliphatic rings. The number of benzene rings is 2. The van der Waals surface area contributed by atoms with Gasteiger partial charge in [-0.3, -0.25) is 14.5 Å². The van der Waals surface area contributed by atoms with E-state index in [1.54, 1.807) is 6.07 Å². The summed E-state index contributed by atoms with van der Waals surface area (Å²) >= 11 is 1.88. The summed E-state index contributed by atoms with van der Waals surface area (Å²) in [6.45, 7) is 4.81. The summed E-state index contributed by atoms with van der Waals surface area (Å²) in [6.07, 6.45) is 2.30. The Labute approximate surface area is 182 Å². The van der Waals surface area contributed by atoms with Crippen LogP contribution in [0.4, 0.5) is 5.69 Å². The Morgan fingerprint density at radius 2 is 1.87 bits per heavy atom. The van der Waals surface area contributed by atoms with Gasteiger partial charge in [0.2, 0.25) is 5.91 Å². The molecule has 1 heterocycles. The van der Waals surface area contributed by atoms with Gasteiger partial charge in [0, 0.05) is 48.4 Å². The SMILES string of the molecule is Cc1cccc(CN(CC(=O)Nc2cccc(C(=O)N3CCSCC3)c2)C2CC2)c1. The van der Waals surface area contributed by atoms with Crippen molar-refractivity contribution in [3.8, 4) is 0 Å². The van der Waals surface area contributed by atoms with Crippen LogP contribution in [0, 0.1) is 6.92 Å². The van der Waals surface area contributed by atoms with Gasteiger partial charge in [-0.2, -0.15) is 11.8 Å². The van der Waals surface area contributed by atoms with Crippen LogP contribution in [0.25, 0.3) is 0 Å². The van der Waals surface area contributed by atoms with E-state index in [9.17, 15) is 9.59 Å². The first-order chi connectivity index (χ1) is 14.6. The van der Waals surface area contributed by atoms with E-state index in [0.29, 0.717) is 23.8 Å². The summed E-state index contributed by atoms with van der Waals surface area (Å²) < 4.78 is 0. The highest BCUT2D eigenvalue weighted by Gasteiger charge is 2.30. The molecule has 4 rings (SSSR count). The van der Waals surface area contributed by atoms with Gasteiger partial charge in [-0.15, -0.1) is 0 Å². The molecule has 0 spiro atoms. The predicted molar refractivity (Wildman–Crippen MR) is 123 cm³/mol. The van der Waals surface area contributed by atoms with E-state index < -0.39 is 0 Å². The fourth-order valence-electron chi connectivity index (χ4n) is 3.86. The second-order valence-corrected chi connectivity index (χ2v) is 9.38. The Kier molecular flexibility index (Phi) is 6.75. The van der Waals surface area contributed by atoms with Gasteiger partial charge >= 0.3 is 0 Å². The van der Waals surface area contributed by atoms with Crippen LogP contribution in [0.2, 0.25) is 0 Å². The summed E-state index contributed by atoms with van der Waals surface area (Å²) in [4.78, 5) is 29.6. The number of rotatable bonds is 7. The number of hydrogen-bond acceptors (Lipinski definition) is 4. The van der Waals surface area contributed by atoms with E-state index in [-0.39, 0.29) is 11.8 Å². The van der Waals surface area contributed by atoms with Crippen molar-refractivity contribution in [3.63, 3.8) is 0 Å². The van der Waals surface area contributed by atoms with Crippen molar-refractivity contribution >= 4 is 29.3 Å². The van der Waals surface area contributed by atoms with Crippen molar-refractivity contribution in [1.82, 2.24) is 9.80 Å². The molecule has 0 radical (unpaired) electrons. The molecule has 2 amide bonds. The number of aryl methyl sites for hydroxylation is 1. The summed E-state index contributed by atoms with van der Waals surface area (Å²) in [6, 6.07) is 16.3. The van der Waals surface area contributed by atoms with E-state index in [1.165, 1.54) is 11.1 Å². The molecule has 6 heteroatoms. The van der Waals surface area contributed by atoms with Crippen LogP contribution < -0.4 is 5.32 Å². The molecule has 1 N–H and O–H groups in total. The highest BCUT2D eigenvalue weighted by molar-refractivity contribution is 7.99. The lowest BCUT2D eigenvalue weighted by atomic mass is 10.1. The lowest BCUT2D eigenvalue weighted by Crippen LogP contribution is -2.38. The van der Waals surface area contributed by atoms with Crippen molar-refractivity contribution in [2.24, 2.45) is 0 Å². The molecule has 2 aromatic rings. The van der Waals surface area contributed by atoms with Gasteiger partial charge in [0.1, 0.15) is 0 Å². The zero-order valence-corrected chi connectivity index (χ0v) is 18.3. The Balaban J connectivity index is 1.37. The quantitative estimate of drug-likeness (QED) is 0.736. The molecule has 1 saturated carbocycles. The van der Waals surface area contributed by atoms with E-state index >= 15 is 0 Å². The number of amides is 2. The van der Waals surface area contributed by atoms with Crippen molar-refractivity contribution in [2.75, 3.05) is 36.5 Å². The fourth-order valence-corrected chi connectivity index (χ4v) is 4.77. The van der Waals surface area contributed by atoms with Crippen LogP contribution in [0.5, 0.6) is 0 Å². The van der Waals surface area contributed by atoms with Gasteiger partial charge < -0.3 is 10.2 Å². The molecule has 158 valence electrons. The number of carbonyl (C=O) groups is 2. The summed E-state index contributed by atoms with van der Waals surface area (Å²) in [5.74, 6) is 1.99. The molecule has 1 saturated heterocycles. The zero-order valence-electron chi connectivity index (χ0n) is 17.5. The molecule has 1 aliphatic heterocycles. The largest absolute Gasteiger partial charge is 0.337 e. The van der Waals surface area contributed by atoms with Gasteiger partial charge in [-0.25, -0.2) is 0 Å². The molecule has 0 aromatic heterocycles. The number of carbonyl (C=O) groups excluding carboxylic acids is 2. The van der Waals surface area contributed by atoms with Crippen molar-refractivity contribution in [2.45, 2.75) is 32.4 Å². The Bertz CT molecular complexity index is 907. The van der Waals surface area contributed by atoms with Gasteiger partial charge in [0.05, 0.1) is 6.54 Å². The minimum atomic E-state index is -0.0338. The number of hydrogen-bond donors (Lipinski definition) is 1. The Morgan fingerprint density at radius 3 is 2.60 bits per heavy atom. The molecule has 5 nitrogen and oxygen atoms in total. The maximum Gasteiger partial charge on any atom is 0.253 e. The fraction of sp³-hybridized carbons (Fsp3) is 0.417. The van der Waals surface area contributed by atoms with Gasteiger partial charge in [0.15, 0.2) is 0 Å². The maximum absolute atomic E-state index is 12.7. The van der Waals surface area contributed by atoms with Crippen molar-refractivity contribution < 1.29 is 9.59 Å². The van der Waals surface area contributed by atoms with Crippen LogP contribution >= 0.6 is 11.8 Å². The highest BCUT2D eigenvalue weighted by Crippen LogP contribution is 2.28. The van der Waals surface area contributed by atoms with Gasteiger partial charge in [0.25, 0.3) is 5.91 Å². The Hall–Kier alpha value is -2.31. The average molecular weight is 424 g/mol. The first kappa shape index (κ1) is 20.9. The van der Waals surface area contributed by atoms with E-state index in [4.69, 9.17) is 0 Å². The lowest BCUT2D eigenvalue weighted by molar-refractivity contribution is -0.117. The van der Waals surface area contributed by atoms with Crippen molar-refractivity contribution in [1.29, 1.82) is 0 Å². The summed E-state index contributed by atoms with van der Waals surface area (Å²) in [7, 11) is 0. The average Bonchev–Trinajstić information content (AvgIpc) is 3.59. The molecule has 0 atom stereocenters. The topological polar surface area (TPSA) is 52.7 Å². The molecule has 2 fully saturated rings. The zero-order chi connectivity index (χ0) is 20.9. The monoisotopic (exact) mass is 423 g/mol. The number of nitrogens with zero attached hydrogens (tertiary/aromatic N) is 2. The molecule has 1 aliphatic carbocycles. The first-order valence-corrected chi connectivity index (χ1v) is 11.8. The van der Waals surface area contributed by atoms with Crippen LogP contribution in [0.15, 0.2) is 48.5 Å². The second-order valence-electron chi connectivity index (χ2n) is 8.16. The lowest BCUT2D eigenvalue weighted by Gasteiger charge is -2.26. The minimum Gasteiger partial charge on any atom is -0.337 e. The number of nitrogens with one attached hydrogen (secondary N) is 1. The van der Waals surface area contributed by atoms with Crippen LogP contribution in [-0.2, 0) is 11.3 Å². The van der Waals surface area contributed by atoms with Crippen LogP contribution in [0.1, 0.15) is 34.3 Å². The van der Waals surface area contributed by atoms with Crippen molar-refractivity contribution in [3.05, 3.63) is 65.2 Å². The minimum absolute atomic E-state index is 0.0338. The normalized spacial score (nSPS) is 16.5. The molecule has 2 aromatic carbocycles. The van der Waals surface area contributed by atoms with E-state index in [2.05, 4.69) is 41.4 Å². The third kappa shape index (κ3) is 5.64. The highest BCUT2D eigenvalue weighted by atomic mass is 32.2. The first-order valence-electron chi connectivity index (χ1n) is 10.6. The molecule has 0 bridgehead atoms. The molecule has 0 unspecified atom stereocenters. The second kappa shape index (κ2) is 9.67. The van der Waals surface area contributed by atoms with E-state index in [0.717, 1.165) is 44.0 Å². The molecular formula is C24H29N3O2S. The van der Waals surface area contributed by atoms with Crippen LogP contribution in [-0.4, -0.2) is 58.8 Å². The predicted octanol–water partition coefficient (Wildman–Crippen LogP) is 3.79. The van der Waals surface area contributed by atoms with Crippen LogP contribution in [0.3, 0.4) is 0 Å². The van der Waals surface area contributed by atoms with Gasteiger partial charge in [-0.05, 0) is 43.5 Å². The van der Waals surface area contributed by atoms with Gasteiger partial charge in [-0.1, -0.05) is 35.9 Å². The molecule has 30 heavy (non-hydrogen) atoms. The van der Waals surface area contributed by atoms with E-state index in [1.807, 2.05) is 34.9 Å². The summed E-state index contributed by atoms with van der Waals surface area (Å²) in [5, 5.41) is 2.99. The number of thioether (sulfide) groups is 1. The third-order valence-corrected chi connectivity index (χ3v) is 6.51. The number of anilines is 1. The summed E-state index contributed by atoms with van der Waals surface area (Å²) in [5.41, 5.74) is 3.80. The third-order valence-electron chi connectivity index (χ3n) is 5.57. The molecular weight excluding hydrogens is 394 g/mol. The maximum atomic E-state index is 12.7. The standard InChI is InChI=1S/C24H29N3O2S/c1-18-4-2-5-19(14-18)16-27(22-8-9-22)17-23(28)25-21-7-3-6-20(15-21)24(29)26-10-12-30-13-11-26/h2-7,14-15,22H,8-13,16-17H2,1H3,(H,25,28).